The van der Waals surface area contributed by atoms with E-state index < -0.39 is 16.8 Å². The predicted octanol–water partition coefficient (Wildman–Crippen LogP) is 2.28. The third kappa shape index (κ3) is 5.02. The summed E-state index contributed by atoms with van der Waals surface area (Å²) < 4.78 is 10.6. The zero-order valence-electron chi connectivity index (χ0n) is 13.6. The van der Waals surface area contributed by atoms with Crippen LogP contribution in [0.1, 0.15) is 26.7 Å². The molecule has 8 nitrogen and oxygen atoms in total. The molecule has 1 aliphatic rings. The molecule has 1 N–H and O–H groups in total. The third-order valence-corrected chi connectivity index (χ3v) is 3.55. The Morgan fingerprint density at radius 3 is 2.92 bits per heavy atom. The van der Waals surface area contributed by atoms with Crippen LogP contribution in [0, 0.1) is 16.0 Å². The molecule has 130 valence electrons. The zero-order valence-corrected chi connectivity index (χ0v) is 13.6. The molecule has 2 atom stereocenters. The summed E-state index contributed by atoms with van der Waals surface area (Å²) in [5.41, 5.74) is 0.208. The van der Waals surface area contributed by atoms with Crippen LogP contribution < -0.4 is 5.32 Å². The average molecular weight is 336 g/mol. The number of ether oxygens (including phenoxy) is 2. The van der Waals surface area contributed by atoms with Crippen molar-refractivity contribution in [3.05, 3.63) is 34.4 Å². The number of carbonyl (C=O) groups is 2. The first-order valence-electron chi connectivity index (χ1n) is 7.71. The van der Waals surface area contributed by atoms with E-state index >= 15 is 0 Å². The number of carbonyl (C=O) groups excluding carboxylic acids is 2. The van der Waals surface area contributed by atoms with Gasteiger partial charge < -0.3 is 14.8 Å². The molecule has 0 aliphatic carbocycles. The van der Waals surface area contributed by atoms with E-state index in [9.17, 15) is 19.7 Å². The van der Waals surface area contributed by atoms with E-state index in [2.05, 4.69) is 5.32 Å². The van der Waals surface area contributed by atoms with Crippen LogP contribution in [0.2, 0.25) is 0 Å². The average Bonchev–Trinajstić information content (AvgIpc) is 2.85. The Bertz CT molecular complexity index is 631. The van der Waals surface area contributed by atoms with Crippen molar-refractivity contribution in [1.82, 2.24) is 0 Å². The molecule has 0 radical (unpaired) electrons. The molecule has 1 amide bonds. The van der Waals surface area contributed by atoms with Crippen molar-refractivity contribution >= 4 is 23.3 Å². The van der Waals surface area contributed by atoms with Crippen molar-refractivity contribution in [2.24, 2.45) is 5.92 Å². The normalized spacial score (nSPS) is 20.0. The molecule has 1 aliphatic heterocycles. The van der Waals surface area contributed by atoms with Gasteiger partial charge in [0.15, 0.2) is 0 Å². The quantitative estimate of drug-likeness (QED) is 0.465. The first kappa shape index (κ1) is 17.9. The number of nitro groups is 1. The highest BCUT2D eigenvalue weighted by atomic mass is 16.6. The molecule has 0 saturated carbocycles. The van der Waals surface area contributed by atoms with E-state index in [4.69, 9.17) is 9.47 Å². The van der Waals surface area contributed by atoms with Gasteiger partial charge in [0.25, 0.3) is 5.69 Å². The number of benzene rings is 1. The molecule has 0 aromatic heterocycles. The van der Waals surface area contributed by atoms with Gasteiger partial charge in [-0.25, -0.2) is 0 Å². The number of cyclic esters (lactones) is 1. The lowest BCUT2D eigenvalue weighted by atomic mass is 10.0. The van der Waals surface area contributed by atoms with Crippen LogP contribution in [0.4, 0.5) is 11.4 Å². The van der Waals surface area contributed by atoms with Gasteiger partial charge in [0.1, 0.15) is 6.10 Å². The second-order valence-electron chi connectivity index (χ2n) is 5.93. The smallest absolute Gasteiger partial charge is 0.309 e. The number of esters is 1. The second kappa shape index (κ2) is 7.87. The Hall–Kier alpha value is -2.48. The molecule has 1 aromatic carbocycles. The maximum atomic E-state index is 12.0. The molecule has 1 saturated heterocycles. The van der Waals surface area contributed by atoms with Crippen molar-refractivity contribution in [3.8, 4) is 0 Å². The van der Waals surface area contributed by atoms with Gasteiger partial charge >= 0.3 is 5.97 Å². The Labute approximate surface area is 139 Å². The number of anilines is 1. The third-order valence-electron chi connectivity index (χ3n) is 3.55. The summed E-state index contributed by atoms with van der Waals surface area (Å²) in [6, 6.07) is 5.64. The molecular formula is C16H20N2O6. The summed E-state index contributed by atoms with van der Waals surface area (Å²) in [7, 11) is 0. The van der Waals surface area contributed by atoms with E-state index in [1.165, 1.54) is 18.2 Å². The van der Waals surface area contributed by atoms with Crippen molar-refractivity contribution in [3.63, 3.8) is 0 Å². The van der Waals surface area contributed by atoms with Crippen LogP contribution in [0.3, 0.4) is 0 Å². The molecule has 24 heavy (non-hydrogen) atoms. The van der Waals surface area contributed by atoms with E-state index in [1.807, 2.05) is 13.8 Å². The first-order valence-corrected chi connectivity index (χ1v) is 7.71. The lowest BCUT2D eigenvalue weighted by molar-refractivity contribution is -0.384. The molecule has 1 aromatic rings. The van der Waals surface area contributed by atoms with Gasteiger partial charge in [-0.15, -0.1) is 0 Å². The lowest BCUT2D eigenvalue weighted by Gasteiger charge is -2.12. The fourth-order valence-electron chi connectivity index (χ4n) is 2.42. The molecule has 1 heterocycles. The number of hydrogen-bond acceptors (Lipinski definition) is 6. The topological polar surface area (TPSA) is 108 Å². The van der Waals surface area contributed by atoms with Crippen LogP contribution in [-0.2, 0) is 19.1 Å². The Morgan fingerprint density at radius 2 is 2.25 bits per heavy atom. The highest BCUT2D eigenvalue weighted by molar-refractivity contribution is 5.93. The minimum absolute atomic E-state index is 0.0281. The van der Waals surface area contributed by atoms with Crippen LogP contribution in [-0.4, -0.2) is 35.6 Å². The SMILES string of the molecule is CC(C)OC[C@@H]1C[C@@H](CC(=O)Nc2cccc([N+](=O)[O-])c2)C(=O)O1. The van der Waals surface area contributed by atoms with Crippen molar-refractivity contribution in [1.29, 1.82) is 0 Å². The molecule has 0 bridgehead atoms. The van der Waals surface area contributed by atoms with Crippen molar-refractivity contribution in [2.45, 2.75) is 38.9 Å². The highest BCUT2D eigenvalue weighted by Crippen LogP contribution is 2.25. The van der Waals surface area contributed by atoms with Gasteiger partial charge in [0.05, 0.1) is 23.6 Å². The van der Waals surface area contributed by atoms with Crippen LogP contribution in [0.25, 0.3) is 0 Å². The summed E-state index contributed by atoms with van der Waals surface area (Å²) in [4.78, 5) is 34.0. The minimum atomic E-state index is -0.538. The Morgan fingerprint density at radius 1 is 1.50 bits per heavy atom. The fourth-order valence-corrected chi connectivity index (χ4v) is 2.42. The van der Waals surface area contributed by atoms with Crippen LogP contribution in [0.15, 0.2) is 24.3 Å². The van der Waals surface area contributed by atoms with Crippen molar-refractivity contribution < 1.29 is 24.0 Å². The Balaban J connectivity index is 1.87. The first-order chi connectivity index (χ1) is 11.3. The summed E-state index contributed by atoms with van der Waals surface area (Å²) in [6.45, 7) is 4.09. The number of amides is 1. The summed E-state index contributed by atoms with van der Waals surface area (Å²) in [5.74, 6) is -1.33. The fraction of sp³-hybridized carbons (Fsp3) is 0.500. The summed E-state index contributed by atoms with van der Waals surface area (Å²) >= 11 is 0. The number of rotatable bonds is 7. The maximum Gasteiger partial charge on any atom is 0.309 e. The van der Waals surface area contributed by atoms with E-state index in [1.54, 1.807) is 6.07 Å². The number of non-ortho nitro benzene ring substituents is 1. The summed E-state index contributed by atoms with van der Waals surface area (Å²) in [5, 5.41) is 13.3. The Kier molecular flexibility index (Phi) is 5.86. The predicted molar refractivity (Wildman–Crippen MR) is 85.4 cm³/mol. The second-order valence-corrected chi connectivity index (χ2v) is 5.93. The molecule has 0 spiro atoms. The van der Waals surface area contributed by atoms with Crippen molar-refractivity contribution in [2.75, 3.05) is 11.9 Å². The number of nitro benzene ring substituents is 1. The number of hydrogen-bond donors (Lipinski definition) is 1. The molecule has 8 heteroatoms. The zero-order chi connectivity index (χ0) is 17.7. The molecule has 2 rings (SSSR count). The molecular weight excluding hydrogens is 316 g/mol. The van der Waals surface area contributed by atoms with E-state index in [0.717, 1.165) is 0 Å². The molecule has 1 fully saturated rings. The van der Waals surface area contributed by atoms with Gasteiger partial charge in [-0.05, 0) is 19.9 Å². The largest absolute Gasteiger partial charge is 0.460 e. The highest BCUT2D eigenvalue weighted by Gasteiger charge is 2.36. The minimum Gasteiger partial charge on any atom is -0.460 e. The van der Waals surface area contributed by atoms with Gasteiger partial charge in [-0.1, -0.05) is 6.07 Å². The van der Waals surface area contributed by atoms with E-state index in [-0.39, 0.29) is 30.2 Å². The van der Waals surface area contributed by atoms with Gasteiger partial charge in [0.2, 0.25) is 5.91 Å². The number of nitrogens with one attached hydrogen (secondary N) is 1. The van der Waals surface area contributed by atoms with Gasteiger partial charge in [0, 0.05) is 30.7 Å². The van der Waals surface area contributed by atoms with Gasteiger partial charge in [-0.2, -0.15) is 0 Å². The maximum absolute atomic E-state index is 12.0. The van der Waals surface area contributed by atoms with Gasteiger partial charge in [-0.3, -0.25) is 19.7 Å². The number of nitrogens with zero attached hydrogens (tertiary/aromatic N) is 1. The lowest BCUT2D eigenvalue weighted by Crippen LogP contribution is -2.19. The summed E-state index contributed by atoms with van der Waals surface area (Å²) in [6.07, 6.45) is 0.101. The molecule has 0 unspecified atom stereocenters. The van der Waals surface area contributed by atoms with Crippen LogP contribution >= 0.6 is 0 Å². The monoisotopic (exact) mass is 336 g/mol. The van der Waals surface area contributed by atoms with Crippen LogP contribution in [0.5, 0.6) is 0 Å². The van der Waals surface area contributed by atoms with E-state index in [0.29, 0.717) is 18.7 Å². The standard InChI is InChI=1S/C16H20N2O6/c1-10(2)23-9-14-6-11(16(20)24-14)7-15(19)17-12-4-3-5-13(8-12)18(21)22/h3-5,8,10-11,14H,6-7,9H2,1-2H3,(H,17,19)/t11-,14-/m0/s1.